The molecule has 0 saturated carbocycles. The number of anilines is 1. The normalized spacial score (nSPS) is 11.9. The van der Waals surface area contributed by atoms with Crippen molar-refractivity contribution in [3.05, 3.63) is 58.6 Å². The van der Waals surface area contributed by atoms with Crippen LogP contribution in [0, 0.1) is 0 Å². The lowest BCUT2D eigenvalue weighted by Gasteiger charge is -2.19. The van der Waals surface area contributed by atoms with Crippen molar-refractivity contribution < 1.29 is 4.74 Å². The molecule has 0 aliphatic heterocycles. The molecule has 2 aromatic rings. The second-order valence-electron chi connectivity index (χ2n) is 4.09. The van der Waals surface area contributed by atoms with E-state index in [2.05, 4.69) is 40.3 Å². The van der Waals surface area contributed by atoms with E-state index in [0.717, 1.165) is 21.5 Å². The summed E-state index contributed by atoms with van der Waals surface area (Å²) in [7, 11) is 1.70. The van der Waals surface area contributed by atoms with Crippen LogP contribution in [0.3, 0.4) is 0 Å². The lowest BCUT2D eigenvalue weighted by Crippen LogP contribution is -2.08. The Labute approximate surface area is 116 Å². The van der Waals surface area contributed by atoms with Crippen LogP contribution in [0.2, 0.25) is 0 Å². The minimum absolute atomic E-state index is 0.180. The molecular weight excluding hydrogens is 290 g/mol. The van der Waals surface area contributed by atoms with E-state index in [4.69, 9.17) is 4.74 Å². The maximum absolute atomic E-state index is 5.38. The quantitative estimate of drug-likeness (QED) is 0.889. The van der Waals surface area contributed by atoms with Crippen molar-refractivity contribution in [3.8, 4) is 5.75 Å². The van der Waals surface area contributed by atoms with E-state index in [1.165, 1.54) is 0 Å². The van der Waals surface area contributed by atoms with Gasteiger partial charge in [-0.15, -0.1) is 0 Å². The van der Waals surface area contributed by atoms with E-state index in [1.807, 2.05) is 36.4 Å². The molecule has 0 aromatic heterocycles. The fourth-order valence-corrected chi connectivity index (χ4v) is 2.31. The van der Waals surface area contributed by atoms with Crippen LogP contribution >= 0.6 is 15.9 Å². The molecule has 0 heterocycles. The second-order valence-corrected chi connectivity index (χ2v) is 4.94. The van der Waals surface area contributed by atoms with Crippen LogP contribution in [-0.2, 0) is 0 Å². The molecule has 2 nitrogen and oxygen atoms in total. The number of methoxy groups -OCH3 is 1. The summed E-state index contributed by atoms with van der Waals surface area (Å²) in [5.74, 6) is 0.907. The zero-order valence-electron chi connectivity index (χ0n) is 10.5. The van der Waals surface area contributed by atoms with Gasteiger partial charge >= 0.3 is 0 Å². The number of ether oxygens (including phenoxy) is 1. The van der Waals surface area contributed by atoms with Gasteiger partial charge in [-0.05, 0) is 41.1 Å². The smallest absolute Gasteiger partial charge is 0.124 e. The van der Waals surface area contributed by atoms with Gasteiger partial charge in [0.05, 0.1) is 13.2 Å². The molecule has 3 heteroatoms. The fourth-order valence-electron chi connectivity index (χ4n) is 1.91. The van der Waals surface area contributed by atoms with Crippen molar-refractivity contribution in [1.82, 2.24) is 0 Å². The Bertz CT molecular complexity index is 527. The molecule has 1 atom stereocenters. The standard InChI is InChI=1S/C15H16BrNO/c1-11(12-7-3-6-10-15(12)18-2)17-14-9-5-4-8-13(14)16/h3-11,17H,1-2H3. The molecular formula is C15H16BrNO. The third kappa shape index (κ3) is 2.85. The first-order valence-corrected chi connectivity index (χ1v) is 6.65. The highest BCUT2D eigenvalue weighted by Crippen LogP contribution is 2.30. The van der Waals surface area contributed by atoms with Crippen molar-refractivity contribution in [1.29, 1.82) is 0 Å². The Hall–Kier alpha value is -1.48. The summed E-state index contributed by atoms with van der Waals surface area (Å²) in [5.41, 5.74) is 2.23. The molecule has 1 unspecified atom stereocenters. The highest BCUT2D eigenvalue weighted by molar-refractivity contribution is 9.10. The van der Waals surface area contributed by atoms with Gasteiger partial charge in [0, 0.05) is 15.7 Å². The lowest BCUT2D eigenvalue weighted by molar-refractivity contribution is 0.408. The van der Waals surface area contributed by atoms with E-state index in [-0.39, 0.29) is 6.04 Å². The maximum atomic E-state index is 5.38. The lowest BCUT2D eigenvalue weighted by atomic mass is 10.1. The maximum Gasteiger partial charge on any atom is 0.124 e. The molecule has 18 heavy (non-hydrogen) atoms. The van der Waals surface area contributed by atoms with Crippen molar-refractivity contribution in [2.75, 3.05) is 12.4 Å². The van der Waals surface area contributed by atoms with Crippen molar-refractivity contribution in [2.24, 2.45) is 0 Å². The molecule has 2 aromatic carbocycles. The molecule has 1 N–H and O–H groups in total. The molecule has 0 spiro atoms. The van der Waals surface area contributed by atoms with Gasteiger partial charge in [-0.25, -0.2) is 0 Å². The highest BCUT2D eigenvalue weighted by atomic mass is 79.9. The minimum atomic E-state index is 0.180. The average molecular weight is 306 g/mol. The van der Waals surface area contributed by atoms with Crippen molar-refractivity contribution >= 4 is 21.6 Å². The number of para-hydroxylation sites is 2. The topological polar surface area (TPSA) is 21.3 Å². The second kappa shape index (κ2) is 5.91. The molecule has 94 valence electrons. The zero-order chi connectivity index (χ0) is 13.0. The van der Waals surface area contributed by atoms with Crippen LogP contribution in [0.1, 0.15) is 18.5 Å². The van der Waals surface area contributed by atoms with Crippen molar-refractivity contribution in [3.63, 3.8) is 0 Å². The van der Waals surface area contributed by atoms with Gasteiger partial charge in [-0.3, -0.25) is 0 Å². The molecule has 2 rings (SSSR count). The highest BCUT2D eigenvalue weighted by Gasteiger charge is 2.11. The molecule has 0 radical (unpaired) electrons. The minimum Gasteiger partial charge on any atom is -0.496 e. The average Bonchev–Trinajstić information content (AvgIpc) is 2.41. The Morgan fingerprint density at radius 3 is 2.44 bits per heavy atom. The van der Waals surface area contributed by atoms with Crippen LogP contribution in [0.25, 0.3) is 0 Å². The molecule has 0 aliphatic rings. The van der Waals surface area contributed by atoms with Gasteiger partial charge in [0.2, 0.25) is 0 Å². The molecule has 0 amide bonds. The predicted octanol–water partition coefficient (Wildman–Crippen LogP) is 4.63. The third-order valence-corrected chi connectivity index (χ3v) is 3.54. The SMILES string of the molecule is COc1ccccc1C(C)Nc1ccccc1Br. The van der Waals surface area contributed by atoms with Crippen LogP contribution in [-0.4, -0.2) is 7.11 Å². The molecule has 0 aliphatic carbocycles. The van der Waals surface area contributed by atoms with Gasteiger partial charge in [0.1, 0.15) is 5.75 Å². The van der Waals surface area contributed by atoms with Gasteiger partial charge < -0.3 is 10.1 Å². The largest absolute Gasteiger partial charge is 0.496 e. The van der Waals surface area contributed by atoms with Gasteiger partial charge in [0.15, 0.2) is 0 Å². The number of hydrogen-bond acceptors (Lipinski definition) is 2. The first kappa shape index (κ1) is 13.0. The molecule has 0 bridgehead atoms. The van der Waals surface area contributed by atoms with Gasteiger partial charge in [-0.1, -0.05) is 30.3 Å². The third-order valence-electron chi connectivity index (χ3n) is 2.85. The van der Waals surface area contributed by atoms with Crippen LogP contribution in [0.4, 0.5) is 5.69 Å². The number of benzene rings is 2. The number of halogens is 1. The Balaban J connectivity index is 2.22. The van der Waals surface area contributed by atoms with Gasteiger partial charge in [0.25, 0.3) is 0 Å². The number of hydrogen-bond donors (Lipinski definition) is 1. The zero-order valence-corrected chi connectivity index (χ0v) is 12.1. The van der Waals surface area contributed by atoms with Crippen molar-refractivity contribution in [2.45, 2.75) is 13.0 Å². The first-order chi connectivity index (χ1) is 8.72. The summed E-state index contributed by atoms with van der Waals surface area (Å²) in [5, 5.41) is 3.47. The number of nitrogens with one attached hydrogen (secondary N) is 1. The van der Waals surface area contributed by atoms with E-state index < -0.39 is 0 Å². The van der Waals surface area contributed by atoms with Gasteiger partial charge in [-0.2, -0.15) is 0 Å². The van der Waals surface area contributed by atoms with E-state index in [0.29, 0.717) is 0 Å². The summed E-state index contributed by atoms with van der Waals surface area (Å²) in [4.78, 5) is 0. The van der Waals surface area contributed by atoms with E-state index >= 15 is 0 Å². The summed E-state index contributed by atoms with van der Waals surface area (Å²) in [6.45, 7) is 2.12. The Kier molecular flexibility index (Phi) is 4.26. The van der Waals surface area contributed by atoms with Crippen LogP contribution < -0.4 is 10.1 Å². The summed E-state index contributed by atoms with van der Waals surface area (Å²) in [6.07, 6.45) is 0. The monoisotopic (exact) mass is 305 g/mol. The first-order valence-electron chi connectivity index (χ1n) is 5.86. The van der Waals surface area contributed by atoms with Crippen LogP contribution in [0.15, 0.2) is 53.0 Å². The summed E-state index contributed by atoms with van der Waals surface area (Å²) >= 11 is 3.54. The van der Waals surface area contributed by atoms with E-state index in [1.54, 1.807) is 7.11 Å². The summed E-state index contributed by atoms with van der Waals surface area (Å²) < 4.78 is 6.44. The molecule has 0 fully saturated rings. The molecule has 0 saturated heterocycles. The Morgan fingerprint density at radius 2 is 1.72 bits per heavy atom. The van der Waals surface area contributed by atoms with Crippen LogP contribution in [0.5, 0.6) is 5.75 Å². The predicted molar refractivity (Wildman–Crippen MR) is 79.2 cm³/mol. The summed E-state index contributed by atoms with van der Waals surface area (Å²) in [6, 6.07) is 16.3. The van der Waals surface area contributed by atoms with E-state index in [9.17, 15) is 0 Å². The number of rotatable bonds is 4. The fraction of sp³-hybridized carbons (Fsp3) is 0.200. The Morgan fingerprint density at radius 1 is 1.06 bits per heavy atom.